The van der Waals surface area contributed by atoms with Crippen molar-refractivity contribution < 1.29 is 18.0 Å². The van der Waals surface area contributed by atoms with Crippen LogP contribution in [0.1, 0.15) is 30.6 Å². The Labute approximate surface area is 156 Å². The smallest absolute Gasteiger partial charge is 0.260 e. The molecule has 1 aliphatic heterocycles. The number of β-amino-alcohol motifs (C(OH)–C–C–N with tert-alkyl or cyclic N) is 1. The first-order chi connectivity index (χ1) is 12.8. The van der Waals surface area contributed by atoms with Gasteiger partial charge >= 0.3 is 0 Å². The molecule has 1 fully saturated rings. The number of hydrogen-bond acceptors (Lipinski definition) is 7. The predicted octanol–water partition coefficient (Wildman–Crippen LogP) is 1.77. The maximum absolute atomic E-state index is 13.3. The fraction of sp³-hybridized carbons (Fsp3) is 0.389. The lowest BCUT2D eigenvalue weighted by Gasteiger charge is -2.20. The minimum Gasteiger partial charge on any atom is -0.379 e. The normalized spacial score (nSPS) is 21.1. The summed E-state index contributed by atoms with van der Waals surface area (Å²) >= 11 is 0. The zero-order valence-corrected chi connectivity index (χ0v) is 15.9. The highest BCUT2D eigenvalue weighted by Crippen LogP contribution is 2.35. The summed E-state index contributed by atoms with van der Waals surface area (Å²) in [6.07, 6.45) is 2.41. The number of rotatable bonds is 4. The van der Waals surface area contributed by atoms with Crippen molar-refractivity contribution in [1.82, 2.24) is 19.4 Å². The third kappa shape index (κ3) is 2.91. The molecule has 2 aromatic heterocycles. The predicted molar refractivity (Wildman–Crippen MR) is 97.4 cm³/mol. The Balaban J connectivity index is 1.71. The van der Waals surface area contributed by atoms with Gasteiger partial charge in [-0.2, -0.15) is 9.29 Å². The molecule has 3 heterocycles. The van der Waals surface area contributed by atoms with E-state index in [2.05, 4.69) is 15.1 Å². The van der Waals surface area contributed by atoms with E-state index in [1.54, 1.807) is 30.5 Å². The number of sulfonamides is 1. The van der Waals surface area contributed by atoms with E-state index in [-0.39, 0.29) is 30.3 Å². The second-order valence-corrected chi connectivity index (χ2v) is 8.68. The number of aliphatic hydroxyl groups is 1. The van der Waals surface area contributed by atoms with Crippen LogP contribution in [0.25, 0.3) is 10.9 Å². The zero-order valence-electron chi connectivity index (χ0n) is 15.1. The molecule has 1 aromatic carbocycles. The summed E-state index contributed by atoms with van der Waals surface area (Å²) in [4.78, 5) is 8.66. The van der Waals surface area contributed by atoms with E-state index in [0.29, 0.717) is 23.1 Å². The Morgan fingerprint density at radius 1 is 1.33 bits per heavy atom. The molecule has 0 radical (unpaired) electrons. The fourth-order valence-electron chi connectivity index (χ4n) is 3.38. The first-order valence-electron chi connectivity index (χ1n) is 8.75. The molecule has 0 saturated carbocycles. The second-order valence-electron chi connectivity index (χ2n) is 6.77. The van der Waals surface area contributed by atoms with E-state index >= 15 is 0 Å². The van der Waals surface area contributed by atoms with Gasteiger partial charge in [0.25, 0.3) is 5.89 Å². The molecule has 0 aliphatic carbocycles. The van der Waals surface area contributed by atoms with Gasteiger partial charge in [-0.05, 0) is 30.7 Å². The third-order valence-electron chi connectivity index (χ3n) is 4.94. The van der Waals surface area contributed by atoms with Crippen LogP contribution in [0.15, 0.2) is 39.9 Å². The van der Waals surface area contributed by atoms with Crippen LogP contribution in [0.5, 0.6) is 0 Å². The minimum absolute atomic E-state index is 0.0625. The van der Waals surface area contributed by atoms with Crippen LogP contribution in [0.3, 0.4) is 0 Å². The molecule has 1 saturated heterocycles. The van der Waals surface area contributed by atoms with Gasteiger partial charge in [0.2, 0.25) is 10.0 Å². The highest BCUT2D eigenvalue weighted by Gasteiger charge is 2.47. The molecule has 8 nitrogen and oxygen atoms in total. The van der Waals surface area contributed by atoms with Crippen molar-refractivity contribution in [2.75, 3.05) is 13.1 Å². The Hall–Kier alpha value is -2.36. The molecule has 1 atom stereocenters. The highest BCUT2D eigenvalue weighted by atomic mass is 32.2. The van der Waals surface area contributed by atoms with Gasteiger partial charge in [0, 0.05) is 31.0 Å². The summed E-state index contributed by atoms with van der Waals surface area (Å²) in [5.74, 6) is 0.544. The Morgan fingerprint density at radius 3 is 2.89 bits per heavy atom. The lowest BCUT2D eigenvalue weighted by molar-refractivity contribution is 0.0194. The van der Waals surface area contributed by atoms with Crippen LogP contribution < -0.4 is 0 Å². The van der Waals surface area contributed by atoms with Crippen LogP contribution in [0, 0.1) is 6.92 Å². The van der Waals surface area contributed by atoms with Crippen LogP contribution in [-0.4, -0.2) is 46.0 Å². The van der Waals surface area contributed by atoms with Crippen LogP contribution in [0.4, 0.5) is 0 Å². The summed E-state index contributed by atoms with van der Waals surface area (Å²) in [5, 5.41) is 15.3. The van der Waals surface area contributed by atoms with Gasteiger partial charge in [-0.15, -0.1) is 0 Å². The SMILES string of the molecule is CCc1noc(C2(O)CCN(S(=O)(=O)c3ccc(C)c4ncccc34)C2)n1. The third-order valence-corrected chi connectivity index (χ3v) is 6.85. The van der Waals surface area contributed by atoms with Crippen molar-refractivity contribution in [1.29, 1.82) is 0 Å². The molecule has 3 aromatic rings. The maximum Gasteiger partial charge on any atom is 0.260 e. The van der Waals surface area contributed by atoms with Gasteiger partial charge in [0.1, 0.15) is 0 Å². The fourth-order valence-corrected chi connectivity index (χ4v) is 5.05. The average molecular weight is 388 g/mol. The molecule has 27 heavy (non-hydrogen) atoms. The Morgan fingerprint density at radius 2 is 2.15 bits per heavy atom. The van der Waals surface area contributed by atoms with Crippen molar-refractivity contribution in [2.24, 2.45) is 0 Å². The first-order valence-corrected chi connectivity index (χ1v) is 10.2. The summed E-state index contributed by atoms with van der Waals surface area (Å²) in [5.41, 5.74) is 0.0737. The average Bonchev–Trinajstić information content (AvgIpc) is 3.30. The van der Waals surface area contributed by atoms with E-state index in [0.717, 1.165) is 5.56 Å². The Bertz CT molecular complexity index is 1110. The van der Waals surface area contributed by atoms with Gasteiger partial charge in [-0.25, -0.2) is 8.42 Å². The van der Waals surface area contributed by atoms with Crippen molar-refractivity contribution >= 4 is 20.9 Å². The number of fused-ring (bicyclic) bond motifs is 1. The largest absolute Gasteiger partial charge is 0.379 e. The van der Waals surface area contributed by atoms with E-state index in [1.807, 2.05) is 13.8 Å². The van der Waals surface area contributed by atoms with E-state index in [4.69, 9.17) is 4.52 Å². The number of aromatic nitrogens is 3. The molecule has 0 spiro atoms. The van der Waals surface area contributed by atoms with Gasteiger partial charge in [0.15, 0.2) is 11.4 Å². The molecule has 142 valence electrons. The molecule has 1 aliphatic rings. The standard InChI is InChI=1S/C18H20N4O4S/c1-3-15-20-17(26-21-15)18(23)8-10-22(11-18)27(24,25)14-7-6-12(2)16-13(14)5-4-9-19-16/h4-7,9,23H,3,8,10-11H2,1-2H3. The minimum atomic E-state index is -3.82. The number of benzene rings is 1. The lowest BCUT2D eigenvalue weighted by Crippen LogP contribution is -2.34. The summed E-state index contributed by atoms with van der Waals surface area (Å²) in [6, 6.07) is 6.80. The van der Waals surface area contributed by atoms with Gasteiger partial charge in [-0.1, -0.05) is 18.1 Å². The van der Waals surface area contributed by atoms with Crippen molar-refractivity contribution in [3.05, 3.63) is 47.7 Å². The molecular formula is C18H20N4O4S. The number of aryl methyl sites for hydroxylation is 2. The van der Waals surface area contributed by atoms with Crippen molar-refractivity contribution in [3.63, 3.8) is 0 Å². The molecule has 1 N–H and O–H groups in total. The van der Waals surface area contributed by atoms with E-state index in [1.165, 1.54) is 4.31 Å². The maximum atomic E-state index is 13.3. The molecular weight excluding hydrogens is 368 g/mol. The molecule has 0 bridgehead atoms. The number of nitrogens with zero attached hydrogens (tertiary/aromatic N) is 4. The monoisotopic (exact) mass is 388 g/mol. The van der Waals surface area contributed by atoms with Gasteiger partial charge in [-0.3, -0.25) is 4.98 Å². The lowest BCUT2D eigenvalue weighted by atomic mass is 10.0. The van der Waals surface area contributed by atoms with E-state index < -0.39 is 15.6 Å². The topological polar surface area (TPSA) is 109 Å². The number of pyridine rings is 1. The molecule has 9 heteroatoms. The first kappa shape index (κ1) is 18.0. The number of hydrogen-bond donors (Lipinski definition) is 1. The zero-order chi connectivity index (χ0) is 19.2. The molecule has 4 rings (SSSR count). The second kappa shape index (κ2) is 6.36. The van der Waals surface area contributed by atoms with Crippen LogP contribution >= 0.6 is 0 Å². The molecule has 1 unspecified atom stereocenters. The van der Waals surface area contributed by atoms with Crippen molar-refractivity contribution in [2.45, 2.75) is 37.2 Å². The van der Waals surface area contributed by atoms with Crippen LogP contribution in [0.2, 0.25) is 0 Å². The summed E-state index contributed by atoms with van der Waals surface area (Å²) in [6.45, 7) is 3.80. The Kier molecular flexibility index (Phi) is 4.25. The quantitative estimate of drug-likeness (QED) is 0.725. The van der Waals surface area contributed by atoms with Gasteiger partial charge < -0.3 is 9.63 Å². The summed E-state index contributed by atoms with van der Waals surface area (Å²) < 4.78 is 32.9. The van der Waals surface area contributed by atoms with Crippen molar-refractivity contribution in [3.8, 4) is 0 Å². The van der Waals surface area contributed by atoms with Crippen LogP contribution in [-0.2, 0) is 22.0 Å². The highest BCUT2D eigenvalue weighted by molar-refractivity contribution is 7.89. The van der Waals surface area contributed by atoms with Gasteiger partial charge in [0.05, 0.1) is 17.0 Å². The molecule has 0 amide bonds. The summed E-state index contributed by atoms with van der Waals surface area (Å²) in [7, 11) is -3.82. The van der Waals surface area contributed by atoms with E-state index in [9.17, 15) is 13.5 Å².